The van der Waals surface area contributed by atoms with Gasteiger partial charge in [0.05, 0.1) is 0 Å². The zero-order chi connectivity index (χ0) is 12.8. The van der Waals surface area contributed by atoms with Crippen molar-refractivity contribution in [1.29, 1.82) is 0 Å². The summed E-state index contributed by atoms with van der Waals surface area (Å²) in [5.41, 5.74) is 0. The Bertz CT molecular complexity index is 232. The van der Waals surface area contributed by atoms with Crippen LogP contribution in [0.5, 0.6) is 0 Å². The van der Waals surface area contributed by atoms with Gasteiger partial charge in [-0.3, -0.25) is 9.46 Å². The molecule has 0 fully saturated rings. The zero-order valence-corrected chi connectivity index (χ0v) is 22.3. The second kappa shape index (κ2) is 19.4. The van der Waals surface area contributed by atoms with E-state index in [0.29, 0.717) is 26.2 Å². The molecule has 0 amide bonds. The molecular formula is C9H20N3Na4O3P. The summed E-state index contributed by atoms with van der Waals surface area (Å²) in [5, 5.41) is 0. The third-order valence-electron chi connectivity index (χ3n) is 1.85. The van der Waals surface area contributed by atoms with Gasteiger partial charge in [0.2, 0.25) is 0 Å². The summed E-state index contributed by atoms with van der Waals surface area (Å²) in [6.45, 7) is 2.06. The molecule has 2 N–H and O–H groups in total. The molecule has 0 heterocycles. The second-order valence-corrected chi connectivity index (χ2v) is 5.33. The van der Waals surface area contributed by atoms with Crippen molar-refractivity contribution in [1.82, 2.24) is 14.7 Å². The molecule has 0 rings (SSSR count). The fourth-order valence-electron chi connectivity index (χ4n) is 1.08. The SMILES string of the molecule is [CH2-]N([CH2-])CCN(CCN([CH2-])[CH2-])CP(=O)(O)O.[Na+].[Na+].[Na+].[Na+]. The van der Waals surface area contributed by atoms with E-state index in [-0.39, 0.29) is 125 Å². The quantitative estimate of drug-likeness (QED) is 0.260. The van der Waals surface area contributed by atoms with Gasteiger partial charge in [0, 0.05) is 13.1 Å². The van der Waals surface area contributed by atoms with Gasteiger partial charge < -0.3 is 47.8 Å². The van der Waals surface area contributed by atoms with Crippen LogP contribution in [-0.2, 0) is 4.57 Å². The van der Waals surface area contributed by atoms with Crippen LogP contribution in [0.4, 0.5) is 0 Å². The molecule has 6 nitrogen and oxygen atoms in total. The molecule has 0 bridgehead atoms. The van der Waals surface area contributed by atoms with E-state index in [4.69, 9.17) is 9.79 Å². The first kappa shape index (κ1) is 35.2. The van der Waals surface area contributed by atoms with Gasteiger partial charge >= 0.3 is 126 Å². The Morgan fingerprint density at radius 2 is 1.05 bits per heavy atom. The first-order chi connectivity index (χ1) is 7.20. The van der Waals surface area contributed by atoms with Gasteiger partial charge in [-0.15, -0.1) is 0 Å². The van der Waals surface area contributed by atoms with E-state index >= 15 is 0 Å². The van der Waals surface area contributed by atoms with Crippen LogP contribution in [0.25, 0.3) is 0 Å². The van der Waals surface area contributed by atoms with Gasteiger partial charge in [0.1, 0.15) is 6.29 Å². The van der Waals surface area contributed by atoms with E-state index in [1.54, 1.807) is 4.90 Å². The van der Waals surface area contributed by atoms with Crippen LogP contribution < -0.4 is 118 Å². The minimum absolute atomic E-state index is 0. The molecule has 0 aromatic carbocycles. The summed E-state index contributed by atoms with van der Waals surface area (Å²) in [6, 6.07) is 0. The standard InChI is InChI=1S/C9H20N3O3P.4Na/c1-10(2)5-7-12(8-6-11(3)4)9-16(13,14)15;;;;/h1-9H2,(H2,13,14,15);;;;/q-4;4*+1. The van der Waals surface area contributed by atoms with Crippen LogP contribution in [-0.4, -0.2) is 57.0 Å². The van der Waals surface area contributed by atoms with E-state index in [9.17, 15) is 4.57 Å². The van der Waals surface area contributed by atoms with Crippen molar-refractivity contribution in [3.05, 3.63) is 28.2 Å². The average Bonchev–Trinajstić information content (AvgIpc) is 2.07. The molecule has 0 radical (unpaired) electrons. The third kappa shape index (κ3) is 26.9. The average molecular weight is 341 g/mol. The van der Waals surface area contributed by atoms with Gasteiger partial charge in [-0.2, -0.15) is 0 Å². The zero-order valence-electron chi connectivity index (χ0n) is 13.5. The number of hydrogen-bond acceptors (Lipinski definition) is 4. The van der Waals surface area contributed by atoms with Crippen LogP contribution in [0.3, 0.4) is 0 Å². The minimum Gasteiger partial charge on any atom is -0.609 e. The second-order valence-electron chi connectivity index (χ2n) is 3.71. The fourth-order valence-corrected chi connectivity index (χ4v) is 1.88. The van der Waals surface area contributed by atoms with Crippen molar-refractivity contribution >= 4 is 7.60 Å². The molecule has 0 aliphatic rings. The van der Waals surface area contributed by atoms with Crippen molar-refractivity contribution < 1.29 is 133 Å². The Morgan fingerprint density at radius 1 is 0.750 bits per heavy atom. The summed E-state index contributed by atoms with van der Waals surface area (Å²) in [4.78, 5) is 22.4. The maximum Gasteiger partial charge on any atom is 1.00 e. The van der Waals surface area contributed by atoms with Crippen LogP contribution in [0, 0.1) is 28.2 Å². The summed E-state index contributed by atoms with van der Waals surface area (Å²) in [6.07, 6.45) is -0.269. The molecule has 0 saturated carbocycles. The first-order valence-corrected chi connectivity index (χ1v) is 6.54. The molecule has 0 unspecified atom stereocenters. The minimum atomic E-state index is -4.03. The Hall–Kier alpha value is 4.03. The maximum atomic E-state index is 10.9. The fraction of sp³-hybridized carbons (Fsp3) is 0.556. The molecule has 20 heavy (non-hydrogen) atoms. The van der Waals surface area contributed by atoms with Crippen LogP contribution in [0.1, 0.15) is 0 Å². The predicted molar refractivity (Wildman–Crippen MR) is 63.3 cm³/mol. The molecule has 0 saturated heterocycles. The van der Waals surface area contributed by atoms with Crippen LogP contribution in [0.15, 0.2) is 0 Å². The number of rotatable bonds is 8. The molecule has 0 aliphatic carbocycles. The smallest absolute Gasteiger partial charge is 0.609 e. The largest absolute Gasteiger partial charge is 1.00 e. The molecular weight excluding hydrogens is 321 g/mol. The van der Waals surface area contributed by atoms with E-state index in [1.807, 2.05) is 0 Å². The maximum absolute atomic E-state index is 10.9. The molecule has 0 aromatic rings. The monoisotopic (exact) mass is 341 g/mol. The molecule has 11 heteroatoms. The van der Waals surface area contributed by atoms with E-state index < -0.39 is 7.60 Å². The Balaban J connectivity index is -0.000000187. The van der Waals surface area contributed by atoms with Crippen molar-refractivity contribution in [3.8, 4) is 0 Å². The molecule has 0 atom stereocenters. The van der Waals surface area contributed by atoms with E-state index in [1.165, 1.54) is 9.80 Å². The van der Waals surface area contributed by atoms with Gasteiger partial charge in [0.15, 0.2) is 0 Å². The molecule has 0 aliphatic heterocycles. The number of hydrogen-bond donors (Lipinski definition) is 2. The van der Waals surface area contributed by atoms with E-state index in [2.05, 4.69) is 28.2 Å². The Labute approximate surface area is 212 Å². The third-order valence-corrected chi connectivity index (χ3v) is 2.62. The number of nitrogens with zero attached hydrogens (tertiary/aromatic N) is 3. The van der Waals surface area contributed by atoms with Crippen LogP contribution in [0.2, 0.25) is 0 Å². The van der Waals surface area contributed by atoms with E-state index in [0.717, 1.165) is 0 Å². The normalized spacial score (nSPS) is 10.4. The van der Waals surface area contributed by atoms with Gasteiger partial charge in [0.25, 0.3) is 0 Å². The van der Waals surface area contributed by atoms with Gasteiger partial charge in [-0.1, -0.05) is 0 Å². The molecule has 0 spiro atoms. The predicted octanol–water partition coefficient (Wildman–Crippen LogP) is -11.8. The van der Waals surface area contributed by atoms with Crippen molar-refractivity contribution in [2.24, 2.45) is 0 Å². The van der Waals surface area contributed by atoms with Crippen molar-refractivity contribution in [2.75, 3.05) is 32.5 Å². The summed E-state index contributed by atoms with van der Waals surface area (Å²) in [5.74, 6) is 0. The molecule has 98 valence electrons. The van der Waals surface area contributed by atoms with Crippen molar-refractivity contribution in [3.63, 3.8) is 0 Å². The Kier molecular flexibility index (Phi) is 34.1. The van der Waals surface area contributed by atoms with Crippen LogP contribution >= 0.6 is 7.60 Å². The topological polar surface area (TPSA) is 67.2 Å². The van der Waals surface area contributed by atoms with Crippen molar-refractivity contribution in [2.45, 2.75) is 0 Å². The Morgan fingerprint density at radius 3 is 1.25 bits per heavy atom. The molecule has 0 aromatic heterocycles. The van der Waals surface area contributed by atoms with Gasteiger partial charge in [-0.05, 0) is 13.1 Å². The first-order valence-electron chi connectivity index (χ1n) is 4.74. The summed E-state index contributed by atoms with van der Waals surface area (Å²) < 4.78 is 10.9. The summed E-state index contributed by atoms with van der Waals surface area (Å²) in [7, 11) is 10.2. The summed E-state index contributed by atoms with van der Waals surface area (Å²) >= 11 is 0. The van der Waals surface area contributed by atoms with Gasteiger partial charge in [-0.25, -0.2) is 0 Å².